The molecule has 1 atom stereocenters. The van der Waals surface area contributed by atoms with Crippen LogP contribution in [0, 0.1) is 5.41 Å². The van der Waals surface area contributed by atoms with Gasteiger partial charge in [-0.2, -0.15) is 0 Å². The van der Waals surface area contributed by atoms with E-state index in [1.54, 1.807) is 12.5 Å². The molecule has 0 spiro atoms. The van der Waals surface area contributed by atoms with E-state index in [4.69, 9.17) is 10.2 Å². The number of furan rings is 1. The molecule has 1 unspecified atom stereocenters. The molecule has 0 aliphatic heterocycles. The summed E-state index contributed by atoms with van der Waals surface area (Å²) in [6.45, 7) is 6.69. The van der Waals surface area contributed by atoms with E-state index in [0.717, 1.165) is 18.4 Å². The molecule has 1 rings (SSSR count). The molecule has 1 aromatic rings. The molecule has 0 radical (unpaired) electrons. The Morgan fingerprint density at radius 2 is 2.15 bits per heavy atom. The van der Waals surface area contributed by atoms with E-state index < -0.39 is 0 Å². The van der Waals surface area contributed by atoms with E-state index >= 15 is 0 Å². The SMILES string of the molecule is CC(C)(C)CCC(N)c1ccoc1. The van der Waals surface area contributed by atoms with Crippen molar-refractivity contribution in [3.05, 3.63) is 24.2 Å². The minimum Gasteiger partial charge on any atom is -0.472 e. The van der Waals surface area contributed by atoms with Gasteiger partial charge in [0.25, 0.3) is 0 Å². The Morgan fingerprint density at radius 3 is 2.62 bits per heavy atom. The topological polar surface area (TPSA) is 39.2 Å². The van der Waals surface area contributed by atoms with Gasteiger partial charge in [-0.3, -0.25) is 0 Å². The van der Waals surface area contributed by atoms with Gasteiger partial charge in [0, 0.05) is 11.6 Å². The molecule has 0 aromatic carbocycles. The molecule has 2 N–H and O–H groups in total. The summed E-state index contributed by atoms with van der Waals surface area (Å²) in [5, 5.41) is 0. The van der Waals surface area contributed by atoms with E-state index in [9.17, 15) is 0 Å². The molecule has 74 valence electrons. The normalized spacial score (nSPS) is 14.5. The second-order valence-electron chi connectivity index (χ2n) is 4.76. The van der Waals surface area contributed by atoms with Crippen molar-refractivity contribution in [2.45, 2.75) is 39.7 Å². The molecule has 0 saturated heterocycles. The van der Waals surface area contributed by atoms with Gasteiger partial charge in [-0.1, -0.05) is 20.8 Å². The maximum absolute atomic E-state index is 5.99. The van der Waals surface area contributed by atoms with Gasteiger partial charge in [-0.15, -0.1) is 0 Å². The van der Waals surface area contributed by atoms with Gasteiger partial charge in [0.2, 0.25) is 0 Å². The lowest BCUT2D eigenvalue weighted by molar-refractivity contribution is 0.349. The van der Waals surface area contributed by atoms with Crippen LogP contribution in [0.4, 0.5) is 0 Å². The summed E-state index contributed by atoms with van der Waals surface area (Å²) in [5.74, 6) is 0. The van der Waals surface area contributed by atoms with E-state index in [1.807, 2.05) is 6.07 Å². The van der Waals surface area contributed by atoms with E-state index in [1.165, 1.54) is 0 Å². The van der Waals surface area contributed by atoms with Crippen molar-refractivity contribution in [3.63, 3.8) is 0 Å². The first-order chi connectivity index (χ1) is 5.99. The van der Waals surface area contributed by atoms with Crippen LogP contribution in [-0.2, 0) is 0 Å². The van der Waals surface area contributed by atoms with Crippen molar-refractivity contribution < 1.29 is 4.42 Å². The second-order valence-corrected chi connectivity index (χ2v) is 4.76. The van der Waals surface area contributed by atoms with Gasteiger partial charge >= 0.3 is 0 Å². The van der Waals surface area contributed by atoms with Gasteiger partial charge in [0.15, 0.2) is 0 Å². The third kappa shape index (κ3) is 3.64. The zero-order valence-electron chi connectivity index (χ0n) is 8.71. The van der Waals surface area contributed by atoms with Gasteiger partial charge in [-0.05, 0) is 24.3 Å². The second kappa shape index (κ2) is 3.97. The van der Waals surface area contributed by atoms with Crippen LogP contribution in [0.2, 0.25) is 0 Å². The Bertz CT molecular complexity index is 233. The molecule has 13 heavy (non-hydrogen) atoms. The molecule has 2 nitrogen and oxygen atoms in total. The van der Waals surface area contributed by atoms with Crippen LogP contribution in [0.15, 0.2) is 23.0 Å². The molecule has 0 bridgehead atoms. The van der Waals surface area contributed by atoms with Crippen LogP contribution in [0.3, 0.4) is 0 Å². The highest BCUT2D eigenvalue weighted by Gasteiger charge is 2.14. The zero-order valence-corrected chi connectivity index (χ0v) is 8.71. The Kier molecular flexibility index (Phi) is 3.15. The summed E-state index contributed by atoms with van der Waals surface area (Å²) in [4.78, 5) is 0. The Hall–Kier alpha value is -0.760. The number of hydrogen-bond acceptors (Lipinski definition) is 2. The molecule has 1 aromatic heterocycles. The Balaban J connectivity index is 2.39. The summed E-state index contributed by atoms with van der Waals surface area (Å²) in [6.07, 6.45) is 5.56. The summed E-state index contributed by atoms with van der Waals surface area (Å²) >= 11 is 0. The fourth-order valence-electron chi connectivity index (χ4n) is 1.24. The minimum absolute atomic E-state index is 0.123. The molecular weight excluding hydrogens is 162 g/mol. The summed E-state index contributed by atoms with van der Waals surface area (Å²) in [7, 11) is 0. The average molecular weight is 181 g/mol. The van der Waals surface area contributed by atoms with Crippen molar-refractivity contribution >= 4 is 0 Å². The fourth-order valence-corrected chi connectivity index (χ4v) is 1.24. The molecule has 2 heteroatoms. The van der Waals surface area contributed by atoms with Gasteiger partial charge in [0.05, 0.1) is 12.5 Å². The molecule has 0 aliphatic rings. The van der Waals surface area contributed by atoms with Gasteiger partial charge in [0.1, 0.15) is 0 Å². The first-order valence-electron chi connectivity index (χ1n) is 4.77. The third-order valence-electron chi connectivity index (χ3n) is 2.18. The zero-order chi connectivity index (χ0) is 9.90. The van der Waals surface area contributed by atoms with E-state index in [-0.39, 0.29) is 6.04 Å². The van der Waals surface area contributed by atoms with Crippen LogP contribution in [0.25, 0.3) is 0 Å². The minimum atomic E-state index is 0.123. The number of hydrogen-bond donors (Lipinski definition) is 1. The molecule has 0 amide bonds. The van der Waals surface area contributed by atoms with Crippen LogP contribution in [0.5, 0.6) is 0 Å². The highest BCUT2D eigenvalue weighted by atomic mass is 16.3. The van der Waals surface area contributed by atoms with E-state index in [0.29, 0.717) is 5.41 Å². The van der Waals surface area contributed by atoms with Crippen molar-refractivity contribution in [2.24, 2.45) is 11.1 Å². The highest BCUT2D eigenvalue weighted by molar-refractivity contribution is 5.10. The monoisotopic (exact) mass is 181 g/mol. The van der Waals surface area contributed by atoms with E-state index in [2.05, 4.69) is 20.8 Å². The summed E-state index contributed by atoms with van der Waals surface area (Å²) < 4.78 is 4.99. The first-order valence-corrected chi connectivity index (χ1v) is 4.77. The van der Waals surface area contributed by atoms with Gasteiger partial charge < -0.3 is 10.2 Å². The van der Waals surface area contributed by atoms with Crippen LogP contribution in [-0.4, -0.2) is 0 Å². The number of rotatable bonds is 3. The summed E-state index contributed by atoms with van der Waals surface area (Å²) in [5.41, 5.74) is 7.45. The Morgan fingerprint density at radius 1 is 1.46 bits per heavy atom. The molecular formula is C11H19NO. The average Bonchev–Trinajstić information content (AvgIpc) is 2.50. The predicted octanol–water partition coefficient (Wildman–Crippen LogP) is 3.11. The third-order valence-corrected chi connectivity index (χ3v) is 2.18. The lowest BCUT2D eigenvalue weighted by atomic mass is 9.88. The summed E-state index contributed by atoms with van der Waals surface area (Å²) in [6, 6.07) is 2.06. The molecule has 0 aliphatic carbocycles. The smallest absolute Gasteiger partial charge is 0.0950 e. The van der Waals surface area contributed by atoms with Crippen LogP contribution in [0.1, 0.15) is 45.2 Å². The first kappa shape index (κ1) is 10.3. The van der Waals surface area contributed by atoms with Crippen molar-refractivity contribution in [1.82, 2.24) is 0 Å². The molecule has 0 fully saturated rings. The number of nitrogens with two attached hydrogens (primary N) is 1. The standard InChI is InChI=1S/C11H19NO/c1-11(2,3)6-4-10(12)9-5-7-13-8-9/h5,7-8,10H,4,6,12H2,1-3H3. The van der Waals surface area contributed by atoms with Crippen molar-refractivity contribution in [3.8, 4) is 0 Å². The van der Waals surface area contributed by atoms with Crippen molar-refractivity contribution in [1.29, 1.82) is 0 Å². The lowest BCUT2D eigenvalue weighted by Crippen LogP contribution is -2.14. The molecule has 0 saturated carbocycles. The van der Waals surface area contributed by atoms with Crippen LogP contribution >= 0.6 is 0 Å². The predicted molar refractivity (Wildman–Crippen MR) is 54.3 cm³/mol. The maximum Gasteiger partial charge on any atom is 0.0950 e. The lowest BCUT2D eigenvalue weighted by Gasteiger charge is -2.20. The van der Waals surface area contributed by atoms with Crippen molar-refractivity contribution in [2.75, 3.05) is 0 Å². The molecule has 1 heterocycles. The van der Waals surface area contributed by atoms with Gasteiger partial charge in [-0.25, -0.2) is 0 Å². The quantitative estimate of drug-likeness (QED) is 0.778. The Labute approximate surface area is 80.1 Å². The largest absolute Gasteiger partial charge is 0.472 e. The fraction of sp³-hybridized carbons (Fsp3) is 0.636. The van der Waals surface area contributed by atoms with Crippen LogP contribution < -0.4 is 5.73 Å². The maximum atomic E-state index is 5.99. The highest BCUT2D eigenvalue weighted by Crippen LogP contribution is 2.25.